The highest BCUT2D eigenvalue weighted by Crippen LogP contribution is 2.35. The van der Waals surface area contributed by atoms with E-state index in [0.717, 1.165) is 93.3 Å². The number of amides is 5. The van der Waals surface area contributed by atoms with Crippen LogP contribution in [-0.2, 0) is 9.59 Å². The summed E-state index contributed by atoms with van der Waals surface area (Å²) in [5.41, 5.74) is 4.50. The Kier molecular flexibility index (Phi) is 11.9. The summed E-state index contributed by atoms with van der Waals surface area (Å²) in [5.74, 6) is -0.695. The summed E-state index contributed by atoms with van der Waals surface area (Å²) in [6.45, 7) is 12.5. The summed E-state index contributed by atoms with van der Waals surface area (Å²) in [6, 6.07) is 18.2. The second-order valence-corrected chi connectivity index (χ2v) is 17.4. The monoisotopic (exact) mass is 833 g/mol. The van der Waals surface area contributed by atoms with Crippen molar-refractivity contribution in [3.8, 4) is 11.8 Å². The molecule has 0 saturated carbocycles. The predicted octanol–water partition coefficient (Wildman–Crippen LogP) is 5.81. The van der Waals surface area contributed by atoms with Crippen molar-refractivity contribution in [2.24, 2.45) is 5.92 Å². The molecule has 1 N–H and O–H groups in total. The minimum absolute atomic E-state index is 0.0494. The third-order valence-electron chi connectivity index (χ3n) is 13.2. The molecule has 5 amide bonds. The standard InChI is InChI=1S/C46H52ClN7O6/c1-28-4-8-36(24-29(2)60-40-14-7-33(26-48)42(47)30(40)3)53(28)44(57)32-5-9-34(10-6-32)52-22-20-50(21-23-52)27-31-16-18-51(19-17-31)35-11-12-37-38(25-35)46(59)54(45(37)58)39-13-15-41(55)49-43(39)56/h5-7,9-12,14,25,28-29,31,36,39H,4,8,13,15-24,27H2,1-3H3,(H,49,55,56). The van der Waals surface area contributed by atoms with Gasteiger partial charge >= 0.3 is 0 Å². The number of ether oxygens (including phenoxy) is 1. The van der Waals surface area contributed by atoms with Gasteiger partial charge in [-0.1, -0.05) is 11.6 Å². The Balaban J connectivity index is 0.795. The Morgan fingerprint density at radius 3 is 2.25 bits per heavy atom. The smallest absolute Gasteiger partial charge is 0.262 e. The number of piperidine rings is 2. The van der Waals surface area contributed by atoms with Gasteiger partial charge in [0.2, 0.25) is 11.8 Å². The first kappa shape index (κ1) is 41.3. The van der Waals surface area contributed by atoms with Crippen LogP contribution in [-0.4, -0.2) is 114 Å². The first-order chi connectivity index (χ1) is 28.9. The van der Waals surface area contributed by atoms with Gasteiger partial charge in [-0.05, 0) is 113 Å². The topological polar surface area (TPSA) is 147 Å². The molecular weight excluding hydrogens is 782 g/mol. The van der Waals surface area contributed by atoms with Crippen LogP contribution in [0, 0.1) is 24.2 Å². The minimum atomic E-state index is -0.971. The van der Waals surface area contributed by atoms with Gasteiger partial charge in [0.1, 0.15) is 17.9 Å². The van der Waals surface area contributed by atoms with Crippen LogP contribution in [0.25, 0.3) is 0 Å². The predicted molar refractivity (Wildman–Crippen MR) is 227 cm³/mol. The van der Waals surface area contributed by atoms with E-state index >= 15 is 0 Å². The Hall–Kier alpha value is -5.45. The van der Waals surface area contributed by atoms with Gasteiger partial charge in [0.15, 0.2) is 0 Å². The molecule has 4 atom stereocenters. The van der Waals surface area contributed by atoms with Gasteiger partial charge in [0.05, 0.1) is 27.8 Å². The summed E-state index contributed by atoms with van der Waals surface area (Å²) < 4.78 is 6.27. The maximum absolute atomic E-state index is 13.9. The summed E-state index contributed by atoms with van der Waals surface area (Å²) in [4.78, 5) is 74.8. The SMILES string of the molecule is Cc1c(OC(C)CC2CCC(C)N2C(=O)c2ccc(N3CCN(CC4CCN(c5ccc6c(c5)C(=O)N(C5CCC(=O)NC5=O)C6=O)CC4)CC3)cc2)ccc(C#N)c1Cl. The highest BCUT2D eigenvalue weighted by atomic mass is 35.5. The van der Waals surface area contributed by atoms with Crippen LogP contribution in [0.4, 0.5) is 11.4 Å². The normalized spacial score (nSPS) is 23.1. The molecule has 4 fully saturated rings. The van der Waals surface area contributed by atoms with Crippen LogP contribution in [0.5, 0.6) is 5.75 Å². The van der Waals surface area contributed by atoms with Crippen LogP contribution < -0.4 is 19.9 Å². The van der Waals surface area contributed by atoms with E-state index in [2.05, 4.69) is 45.1 Å². The van der Waals surface area contributed by atoms with Gasteiger partial charge in [0.25, 0.3) is 17.7 Å². The Morgan fingerprint density at radius 2 is 1.55 bits per heavy atom. The Labute approximate surface area is 356 Å². The number of imide groups is 2. The average Bonchev–Trinajstić information content (AvgIpc) is 3.73. The number of halogens is 1. The lowest BCUT2D eigenvalue weighted by Gasteiger charge is -2.40. The molecule has 4 unspecified atom stereocenters. The van der Waals surface area contributed by atoms with E-state index < -0.39 is 29.7 Å². The first-order valence-electron chi connectivity index (χ1n) is 21.3. The third kappa shape index (κ3) is 8.19. The fraction of sp³-hybridized carbons (Fsp3) is 0.478. The summed E-state index contributed by atoms with van der Waals surface area (Å²) >= 11 is 6.38. The number of hydrogen-bond acceptors (Lipinski definition) is 10. The fourth-order valence-electron chi connectivity index (χ4n) is 9.75. The molecule has 0 aliphatic carbocycles. The van der Waals surface area contributed by atoms with Crippen LogP contribution in [0.3, 0.4) is 0 Å². The van der Waals surface area contributed by atoms with Gasteiger partial charge in [-0.15, -0.1) is 0 Å². The molecule has 5 aliphatic rings. The summed E-state index contributed by atoms with van der Waals surface area (Å²) in [6.07, 6.45) is 4.70. The zero-order valence-corrected chi connectivity index (χ0v) is 35.2. The van der Waals surface area contributed by atoms with Gasteiger partial charge in [-0.25, -0.2) is 0 Å². The zero-order valence-electron chi connectivity index (χ0n) is 34.5. The van der Waals surface area contributed by atoms with E-state index in [1.165, 1.54) is 0 Å². The number of carbonyl (C=O) groups excluding carboxylic acids is 5. The van der Waals surface area contributed by atoms with Gasteiger partial charge in [0, 0.05) is 93.2 Å². The van der Waals surface area contributed by atoms with E-state index in [1.54, 1.807) is 24.3 Å². The second kappa shape index (κ2) is 17.3. The molecule has 0 radical (unpaired) electrons. The Bertz CT molecular complexity index is 2230. The second-order valence-electron chi connectivity index (χ2n) is 17.1. The fourth-order valence-corrected chi connectivity index (χ4v) is 9.94. The lowest BCUT2D eigenvalue weighted by atomic mass is 9.95. The number of carbonyl (C=O) groups is 5. The molecule has 0 aromatic heterocycles. The van der Waals surface area contributed by atoms with E-state index in [4.69, 9.17) is 16.3 Å². The lowest BCUT2D eigenvalue weighted by Crippen LogP contribution is -2.54. The van der Waals surface area contributed by atoms with Crippen molar-refractivity contribution in [3.05, 3.63) is 87.4 Å². The molecule has 5 aliphatic heterocycles. The minimum Gasteiger partial charge on any atom is -0.490 e. The van der Waals surface area contributed by atoms with E-state index in [0.29, 0.717) is 45.4 Å². The maximum atomic E-state index is 13.9. The quantitative estimate of drug-likeness (QED) is 0.249. The molecule has 314 valence electrons. The van der Waals surface area contributed by atoms with Crippen LogP contribution in [0.15, 0.2) is 54.6 Å². The average molecular weight is 834 g/mol. The molecule has 3 aromatic rings. The van der Waals surface area contributed by atoms with Gasteiger partial charge < -0.3 is 19.4 Å². The number of rotatable bonds is 10. The maximum Gasteiger partial charge on any atom is 0.262 e. The number of piperazine rings is 1. The number of hydrogen-bond donors (Lipinski definition) is 1. The molecular formula is C46H52ClN7O6. The van der Waals surface area contributed by atoms with Crippen molar-refractivity contribution in [2.45, 2.75) is 89.9 Å². The number of fused-ring (bicyclic) bond motifs is 1. The van der Waals surface area contributed by atoms with E-state index in [-0.39, 0.29) is 36.9 Å². The molecule has 14 heteroatoms. The van der Waals surface area contributed by atoms with Crippen molar-refractivity contribution in [1.82, 2.24) is 20.0 Å². The molecule has 0 spiro atoms. The lowest BCUT2D eigenvalue weighted by molar-refractivity contribution is -0.136. The van der Waals surface area contributed by atoms with Crippen LogP contribution >= 0.6 is 11.6 Å². The van der Waals surface area contributed by atoms with Crippen LogP contribution in [0.1, 0.15) is 101 Å². The number of anilines is 2. The van der Waals surface area contributed by atoms with Crippen molar-refractivity contribution in [2.75, 3.05) is 55.6 Å². The van der Waals surface area contributed by atoms with Crippen molar-refractivity contribution in [3.63, 3.8) is 0 Å². The van der Waals surface area contributed by atoms with Crippen molar-refractivity contribution < 1.29 is 28.7 Å². The summed E-state index contributed by atoms with van der Waals surface area (Å²) in [7, 11) is 0. The first-order valence-corrected chi connectivity index (χ1v) is 21.6. The number of nitriles is 1. The molecule has 13 nitrogen and oxygen atoms in total. The highest BCUT2D eigenvalue weighted by Gasteiger charge is 2.45. The molecule has 8 rings (SSSR count). The molecule has 3 aromatic carbocycles. The van der Waals surface area contributed by atoms with Crippen molar-refractivity contribution >= 4 is 52.5 Å². The van der Waals surface area contributed by atoms with Crippen molar-refractivity contribution in [1.29, 1.82) is 5.26 Å². The Morgan fingerprint density at radius 1 is 0.867 bits per heavy atom. The number of likely N-dealkylation sites (tertiary alicyclic amines) is 1. The van der Waals surface area contributed by atoms with Crippen LogP contribution in [0.2, 0.25) is 5.02 Å². The molecule has 4 saturated heterocycles. The number of nitrogens with one attached hydrogen (secondary N) is 1. The van der Waals surface area contributed by atoms with Gasteiger partial charge in [-0.2, -0.15) is 5.26 Å². The number of nitrogens with zero attached hydrogens (tertiary/aromatic N) is 6. The largest absolute Gasteiger partial charge is 0.490 e. The zero-order chi connectivity index (χ0) is 42.2. The van der Waals surface area contributed by atoms with Gasteiger partial charge in [-0.3, -0.25) is 39.1 Å². The van der Waals surface area contributed by atoms with E-state index in [1.807, 2.05) is 36.9 Å². The third-order valence-corrected chi connectivity index (χ3v) is 13.7. The number of benzene rings is 3. The molecule has 60 heavy (non-hydrogen) atoms. The van der Waals surface area contributed by atoms with E-state index in [9.17, 15) is 29.2 Å². The molecule has 0 bridgehead atoms. The molecule has 5 heterocycles. The highest BCUT2D eigenvalue weighted by molar-refractivity contribution is 6.32. The summed E-state index contributed by atoms with van der Waals surface area (Å²) in [5, 5.41) is 12.0.